The summed E-state index contributed by atoms with van der Waals surface area (Å²) in [7, 11) is 3.20. The Morgan fingerprint density at radius 1 is 1.71 bits per heavy atom. The molecule has 0 spiro atoms. The average Bonchev–Trinajstić information content (AvgIpc) is 2.30. The maximum Gasteiger partial charge on any atom is 0.225 e. The van der Waals surface area contributed by atoms with Gasteiger partial charge in [-0.05, 0) is 0 Å². The van der Waals surface area contributed by atoms with E-state index >= 15 is 0 Å². The van der Waals surface area contributed by atoms with E-state index in [0.29, 0.717) is 19.6 Å². The predicted molar refractivity (Wildman–Crippen MR) is 62.7 cm³/mol. The summed E-state index contributed by atoms with van der Waals surface area (Å²) in [5.41, 5.74) is 0. The molecule has 1 heterocycles. The van der Waals surface area contributed by atoms with Gasteiger partial charge in [-0.1, -0.05) is 0 Å². The van der Waals surface area contributed by atoms with Gasteiger partial charge in [-0.2, -0.15) is 0 Å². The summed E-state index contributed by atoms with van der Waals surface area (Å²) in [5.74, 6) is -0.0196. The molecule has 1 aliphatic heterocycles. The number of methoxy groups -OCH3 is 1. The number of morpholine rings is 1. The SMILES string of the molecule is COCC(O)CN(C)C(=O)CC1CNCCO1. The van der Waals surface area contributed by atoms with Crippen molar-refractivity contribution in [3.05, 3.63) is 0 Å². The highest BCUT2D eigenvalue weighted by Crippen LogP contribution is 2.04. The van der Waals surface area contributed by atoms with E-state index in [0.717, 1.165) is 6.54 Å². The first kappa shape index (κ1) is 14.4. The fourth-order valence-electron chi connectivity index (χ4n) is 1.76. The highest BCUT2D eigenvalue weighted by atomic mass is 16.5. The van der Waals surface area contributed by atoms with Crippen LogP contribution in [0.2, 0.25) is 0 Å². The zero-order valence-corrected chi connectivity index (χ0v) is 10.5. The minimum Gasteiger partial charge on any atom is -0.389 e. The van der Waals surface area contributed by atoms with Crippen LogP contribution in [-0.4, -0.2) is 75.1 Å². The smallest absolute Gasteiger partial charge is 0.225 e. The van der Waals surface area contributed by atoms with Crippen LogP contribution in [0.15, 0.2) is 0 Å². The van der Waals surface area contributed by atoms with Crippen LogP contribution in [0.4, 0.5) is 0 Å². The van der Waals surface area contributed by atoms with Crippen LogP contribution in [0.1, 0.15) is 6.42 Å². The fraction of sp³-hybridized carbons (Fsp3) is 0.909. The lowest BCUT2D eigenvalue weighted by atomic mass is 10.2. The normalized spacial score (nSPS) is 22.2. The van der Waals surface area contributed by atoms with Crippen LogP contribution < -0.4 is 5.32 Å². The molecule has 0 aromatic heterocycles. The average molecular weight is 246 g/mol. The number of amides is 1. The van der Waals surface area contributed by atoms with E-state index in [1.54, 1.807) is 7.05 Å². The number of ether oxygens (including phenoxy) is 2. The summed E-state index contributed by atoms with van der Waals surface area (Å²) in [6.07, 6.45) is -0.346. The molecule has 0 aliphatic carbocycles. The number of carbonyl (C=O) groups is 1. The molecule has 0 aromatic rings. The standard InChI is InChI=1S/C11H22N2O4/c1-13(7-9(14)8-16-2)11(15)5-10-6-12-3-4-17-10/h9-10,12,14H,3-8H2,1-2H3. The second kappa shape index (κ2) is 7.60. The number of aliphatic hydroxyl groups is 1. The van der Waals surface area contributed by atoms with E-state index < -0.39 is 6.10 Å². The lowest BCUT2D eigenvalue weighted by molar-refractivity contribution is -0.135. The Morgan fingerprint density at radius 3 is 3.06 bits per heavy atom. The molecular weight excluding hydrogens is 224 g/mol. The Balaban J connectivity index is 2.25. The van der Waals surface area contributed by atoms with E-state index in [4.69, 9.17) is 9.47 Å². The van der Waals surface area contributed by atoms with E-state index in [1.807, 2.05) is 0 Å². The summed E-state index contributed by atoms with van der Waals surface area (Å²) >= 11 is 0. The van der Waals surface area contributed by atoms with Gasteiger partial charge >= 0.3 is 0 Å². The highest BCUT2D eigenvalue weighted by molar-refractivity contribution is 5.76. The number of nitrogens with zero attached hydrogens (tertiary/aromatic N) is 1. The summed E-state index contributed by atoms with van der Waals surface area (Å²) in [6.45, 7) is 2.72. The Kier molecular flexibility index (Phi) is 6.43. The molecule has 1 rings (SSSR count). The summed E-state index contributed by atoms with van der Waals surface area (Å²) in [5, 5.41) is 12.7. The van der Waals surface area contributed by atoms with Crippen LogP contribution in [0, 0.1) is 0 Å². The van der Waals surface area contributed by atoms with E-state index in [-0.39, 0.29) is 25.2 Å². The minimum absolute atomic E-state index is 0.0196. The Bertz CT molecular complexity index is 232. The molecule has 0 aromatic carbocycles. The predicted octanol–water partition coefficient (Wildman–Crippen LogP) is -1.17. The van der Waals surface area contributed by atoms with Crippen molar-refractivity contribution < 1.29 is 19.4 Å². The molecule has 6 heteroatoms. The van der Waals surface area contributed by atoms with E-state index in [1.165, 1.54) is 12.0 Å². The molecule has 2 N–H and O–H groups in total. The monoisotopic (exact) mass is 246 g/mol. The Morgan fingerprint density at radius 2 is 2.47 bits per heavy atom. The Hall–Kier alpha value is -0.690. The Labute approximate surface area is 102 Å². The van der Waals surface area contributed by atoms with Crippen molar-refractivity contribution in [1.82, 2.24) is 10.2 Å². The third-order valence-corrected chi connectivity index (χ3v) is 2.68. The zero-order valence-electron chi connectivity index (χ0n) is 10.5. The maximum atomic E-state index is 11.8. The number of aliphatic hydroxyl groups excluding tert-OH is 1. The number of likely N-dealkylation sites (N-methyl/N-ethyl adjacent to an activating group) is 1. The first-order valence-electron chi connectivity index (χ1n) is 5.86. The number of hydrogen-bond acceptors (Lipinski definition) is 5. The van der Waals surface area contributed by atoms with E-state index in [2.05, 4.69) is 5.32 Å². The van der Waals surface area contributed by atoms with Crippen molar-refractivity contribution in [3.63, 3.8) is 0 Å². The summed E-state index contributed by atoms with van der Waals surface area (Å²) in [6, 6.07) is 0. The number of carbonyl (C=O) groups excluding carboxylic acids is 1. The molecule has 17 heavy (non-hydrogen) atoms. The fourth-order valence-corrected chi connectivity index (χ4v) is 1.76. The lowest BCUT2D eigenvalue weighted by Crippen LogP contribution is -2.43. The molecule has 0 radical (unpaired) electrons. The first-order valence-corrected chi connectivity index (χ1v) is 5.86. The zero-order chi connectivity index (χ0) is 12.7. The van der Waals surface area contributed by atoms with Crippen molar-refractivity contribution in [3.8, 4) is 0 Å². The molecule has 1 saturated heterocycles. The number of hydrogen-bond donors (Lipinski definition) is 2. The van der Waals surface area contributed by atoms with E-state index in [9.17, 15) is 9.90 Å². The molecule has 1 aliphatic rings. The van der Waals surface area contributed by atoms with Crippen LogP contribution in [-0.2, 0) is 14.3 Å². The lowest BCUT2D eigenvalue weighted by Gasteiger charge is -2.26. The van der Waals surface area contributed by atoms with Crippen molar-refractivity contribution in [2.24, 2.45) is 0 Å². The van der Waals surface area contributed by atoms with Gasteiger partial charge < -0.3 is 24.8 Å². The van der Waals surface area contributed by atoms with Crippen molar-refractivity contribution in [2.45, 2.75) is 18.6 Å². The minimum atomic E-state index is -0.639. The van der Waals surface area contributed by atoms with Gasteiger partial charge in [-0.3, -0.25) is 4.79 Å². The quantitative estimate of drug-likeness (QED) is 0.618. The van der Waals surface area contributed by atoms with Crippen molar-refractivity contribution in [1.29, 1.82) is 0 Å². The summed E-state index contributed by atoms with van der Waals surface area (Å²) < 4.78 is 10.3. The maximum absolute atomic E-state index is 11.8. The van der Waals surface area contributed by atoms with Crippen LogP contribution >= 0.6 is 0 Å². The molecular formula is C11H22N2O4. The van der Waals surface area contributed by atoms with Gasteiger partial charge in [-0.25, -0.2) is 0 Å². The first-order chi connectivity index (χ1) is 8.13. The highest BCUT2D eigenvalue weighted by Gasteiger charge is 2.20. The van der Waals surface area contributed by atoms with Gasteiger partial charge in [0.25, 0.3) is 0 Å². The second-order valence-corrected chi connectivity index (χ2v) is 4.28. The van der Waals surface area contributed by atoms with Crippen LogP contribution in [0.3, 0.4) is 0 Å². The topological polar surface area (TPSA) is 71.0 Å². The van der Waals surface area contributed by atoms with Crippen LogP contribution in [0.5, 0.6) is 0 Å². The second-order valence-electron chi connectivity index (χ2n) is 4.28. The number of nitrogens with one attached hydrogen (secondary N) is 1. The van der Waals surface area contributed by atoms with Gasteiger partial charge in [0.15, 0.2) is 0 Å². The third kappa shape index (κ3) is 5.45. The molecule has 1 amide bonds. The number of rotatable bonds is 6. The summed E-state index contributed by atoms with van der Waals surface area (Å²) in [4.78, 5) is 13.3. The van der Waals surface area contributed by atoms with Crippen molar-refractivity contribution in [2.75, 3.05) is 47.0 Å². The molecule has 100 valence electrons. The molecule has 0 bridgehead atoms. The van der Waals surface area contributed by atoms with Gasteiger partial charge in [0.2, 0.25) is 5.91 Å². The van der Waals surface area contributed by atoms with Gasteiger partial charge in [-0.15, -0.1) is 0 Å². The molecule has 1 fully saturated rings. The van der Waals surface area contributed by atoms with Gasteiger partial charge in [0.1, 0.15) is 0 Å². The molecule has 2 unspecified atom stereocenters. The van der Waals surface area contributed by atoms with Gasteiger partial charge in [0.05, 0.1) is 31.8 Å². The molecule has 2 atom stereocenters. The van der Waals surface area contributed by atoms with Gasteiger partial charge in [0, 0.05) is 33.8 Å². The van der Waals surface area contributed by atoms with Crippen molar-refractivity contribution >= 4 is 5.91 Å². The van der Waals surface area contributed by atoms with Crippen LogP contribution in [0.25, 0.3) is 0 Å². The molecule has 0 saturated carbocycles. The molecule has 6 nitrogen and oxygen atoms in total. The third-order valence-electron chi connectivity index (χ3n) is 2.68. The largest absolute Gasteiger partial charge is 0.389 e.